The Kier molecular flexibility index (Phi) is 7.70. The number of thiophene rings is 1. The van der Waals surface area contributed by atoms with Crippen molar-refractivity contribution in [2.75, 3.05) is 26.7 Å². The summed E-state index contributed by atoms with van der Waals surface area (Å²) in [6.45, 7) is 6.60. The van der Waals surface area contributed by atoms with E-state index in [1.165, 1.54) is 18.3 Å². The molecule has 0 fully saturated rings. The number of hydrazine groups is 1. The van der Waals surface area contributed by atoms with Crippen LogP contribution in [0.25, 0.3) is 0 Å². The number of amides is 3. The molecule has 0 spiro atoms. The van der Waals surface area contributed by atoms with Crippen molar-refractivity contribution in [3.8, 4) is 0 Å². The Morgan fingerprint density at radius 3 is 2.52 bits per heavy atom. The highest BCUT2D eigenvalue weighted by Gasteiger charge is 2.13. The second-order valence-electron chi connectivity index (χ2n) is 5.27. The number of rotatable bonds is 7. The fraction of sp³-hybridized carbons (Fsp3) is 0.533. The summed E-state index contributed by atoms with van der Waals surface area (Å²) in [6, 6.07) is 1.85. The first-order chi connectivity index (χ1) is 10.8. The third-order valence-corrected chi connectivity index (χ3v) is 4.31. The summed E-state index contributed by atoms with van der Waals surface area (Å²) >= 11 is 1.41. The molecule has 23 heavy (non-hydrogen) atoms. The molecule has 1 aromatic heterocycles. The molecule has 1 aromatic rings. The molecule has 0 aliphatic carbocycles. The fourth-order valence-corrected chi connectivity index (χ4v) is 2.97. The van der Waals surface area contributed by atoms with E-state index < -0.39 is 0 Å². The van der Waals surface area contributed by atoms with Gasteiger partial charge in [0.1, 0.15) is 0 Å². The summed E-state index contributed by atoms with van der Waals surface area (Å²) in [4.78, 5) is 37.9. The predicted octanol–water partition coefficient (Wildman–Crippen LogP) is 0.448. The van der Waals surface area contributed by atoms with Crippen LogP contribution >= 0.6 is 11.3 Å². The molecule has 0 radical (unpaired) electrons. The molecule has 0 aliphatic heterocycles. The lowest BCUT2D eigenvalue weighted by molar-refractivity contribution is -0.122. The molecule has 3 amide bonds. The van der Waals surface area contributed by atoms with E-state index in [4.69, 9.17) is 0 Å². The molecule has 0 unspecified atom stereocenters. The van der Waals surface area contributed by atoms with Crippen LogP contribution in [0.15, 0.2) is 6.07 Å². The molecule has 128 valence electrons. The van der Waals surface area contributed by atoms with Crippen LogP contribution in [-0.2, 0) is 16.0 Å². The maximum absolute atomic E-state index is 12.0. The highest BCUT2D eigenvalue weighted by Crippen LogP contribution is 2.21. The molecular formula is C15H24N4O3S. The van der Waals surface area contributed by atoms with Crippen molar-refractivity contribution in [1.29, 1.82) is 0 Å². The Labute approximate surface area is 140 Å². The highest BCUT2D eigenvalue weighted by atomic mass is 32.1. The van der Waals surface area contributed by atoms with Crippen LogP contribution < -0.4 is 16.2 Å². The summed E-state index contributed by atoms with van der Waals surface area (Å²) in [7, 11) is 1.76. The second kappa shape index (κ2) is 9.26. The van der Waals surface area contributed by atoms with Gasteiger partial charge >= 0.3 is 0 Å². The number of carbonyl (C=O) groups is 3. The van der Waals surface area contributed by atoms with E-state index in [-0.39, 0.29) is 24.3 Å². The van der Waals surface area contributed by atoms with Crippen LogP contribution in [0.4, 0.5) is 0 Å². The lowest BCUT2D eigenvalue weighted by Gasteiger charge is -2.16. The molecule has 0 atom stereocenters. The van der Waals surface area contributed by atoms with Gasteiger partial charge in [-0.2, -0.15) is 0 Å². The van der Waals surface area contributed by atoms with Crippen molar-refractivity contribution in [2.24, 2.45) is 0 Å². The van der Waals surface area contributed by atoms with Gasteiger partial charge in [-0.1, -0.05) is 6.92 Å². The standard InChI is InChI=1S/C15H24N4O3S/c1-5-12-8-13(23-10(12)2)15(22)18-17-14(21)9-19(4)7-6-16-11(3)20/h8H,5-7,9H2,1-4H3,(H,16,20)(H,17,21)(H,18,22). The average molecular weight is 340 g/mol. The second-order valence-corrected chi connectivity index (χ2v) is 6.52. The van der Waals surface area contributed by atoms with E-state index in [0.717, 1.165) is 16.9 Å². The van der Waals surface area contributed by atoms with Gasteiger partial charge in [0.2, 0.25) is 5.91 Å². The molecule has 1 rings (SSSR count). The van der Waals surface area contributed by atoms with E-state index in [0.29, 0.717) is 18.0 Å². The first-order valence-electron chi connectivity index (χ1n) is 7.45. The van der Waals surface area contributed by atoms with Crippen LogP contribution in [0.5, 0.6) is 0 Å². The normalized spacial score (nSPS) is 10.5. The maximum Gasteiger partial charge on any atom is 0.279 e. The minimum Gasteiger partial charge on any atom is -0.355 e. The van der Waals surface area contributed by atoms with Crippen LogP contribution in [0.1, 0.15) is 34.0 Å². The van der Waals surface area contributed by atoms with Gasteiger partial charge in [0, 0.05) is 24.9 Å². The molecule has 0 saturated heterocycles. The van der Waals surface area contributed by atoms with Crippen molar-refractivity contribution in [2.45, 2.75) is 27.2 Å². The Balaban J connectivity index is 2.34. The Hall–Kier alpha value is -1.93. The van der Waals surface area contributed by atoms with Gasteiger partial charge in [-0.15, -0.1) is 11.3 Å². The van der Waals surface area contributed by atoms with E-state index >= 15 is 0 Å². The molecular weight excluding hydrogens is 316 g/mol. The molecule has 7 nitrogen and oxygen atoms in total. The molecule has 0 aliphatic rings. The van der Waals surface area contributed by atoms with Crippen molar-refractivity contribution >= 4 is 29.1 Å². The number of carbonyl (C=O) groups excluding carboxylic acids is 3. The van der Waals surface area contributed by atoms with Crippen molar-refractivity contribution < 1.29 is 14.4 Å². The number of likely N-dealkylation sites (N-methyl/N-ethyl adjacent to an activating group) is 1. The van der Waals surface area contributed by atoms with E-state index in [1.807, 2.05) is 19.9 Å². The minimum atomic E-state index is -0.313. The molecule has 0 bridgehead atoms. The van der Waals surface area contributed by atoms with Gasteiger partial charge < -0.3 is 5.32 Å². The smallest absolute Gasteiger partial charge is 0.279 e. The van der Waals surface area contributed by atoms with Gasteiger partial charge in [-0.25, -0.2) is 0 Å². The van der Waals surface area contributed by atoms with Crippen LogP contribution in [0.3, 0.4) is 0 Å². The lowest BCUT2D eigenvalue weighted by atomic mass is 10.2. The molecule has 0 aromatic carbocycles. The Morgan fingerprint density at radius 1 is 1.26 bits per heavy atom. The number of nitrogens with zero attached hydrogens (tertiary/aromatic N) is 1. The van der Waals surface area contributed by atoms with Gasteiger partial charge in [0.15, 0.2) is 0 Å². The Morgan fingerprint density at radius 2 is 1.96 bits per heavy atom. The van der Waals surface area contributed by atoms with E-state index in [1.54, 1.807) is 11.9 Å². The van der Waals surface area contributed by atoms with Gasteiger partial charge in [0.25, 0.3) is 11.8 Å². The number of hydrogen-bond donors (Lipinski definition) is 3. The zero-order chi connectivity index (χ0) is 17.4. The third-order valence-electron chi connectivity index (χ3n) is 3.22. The number of nitrogens with one attached hydrogen (secondary N) is 3. The molecule has 3 N–H and O–H groups in total. The average Bonchev–Trinajstić information content (AvgIpc) is 2.85. The van der Waals surface area contributed by atoms with Crippen molar-refractivity contribution in [1.82, 2.24) is 21.1 Å². The predicted molar refractivity (Wildman–Crippen MR) is 90.2 cm³/mol. The first-order valence-corrected chi connectivity index (χ1v) is 8.26. The minimum absolute atomic E-state index is 0.104. The van der Waals surface area contributed by atoms with E-state index in [9.17, 15) is 14.4 Å². The van der Waals surface area contributed by atoms with Crippen molar-refractivity contribution in [3.63, 3.8) is 0 Å². The lowest BCUT2D eigenvalue weighted by Crippen LogP contribution is -2.46. The van der Waals surface area contributed by atoms with Crippen LogP contribution in [0.2, 0.25) is 0 Å². The summed E-state index contributed by atoms with van der Waals surface area (Å²) in [6.07, 6.45) is 0.876. The maximum atomic E-state index is 12.0. The number of aryl methyl sites for hydroxylation is 2. The van der Waals surface area contributed by atoms with Crippen LogP contribution in [0, 0.1) is 6.92 Å². The van der Waals surface area contributed by atoms with Gasteiger partial charge in [-0.05, 0) is 32.0 Å². The quantitative estimate of drug-likeness (QED) is 0.629. The third kappa shape index (κ3) is 6.79. The van der Waals surface area contributed by atoms with Gasteiger partial charge in [0.05, 0.1) is 11.4 Å². The summed E-state index contributed by atoms with van der Waals surface area (Å²) in [5.41, 5.74) is 5.96. The monoisotopic (exact) mass is 340 g/mol. The first kappa shape index (κ1) is 19.1. The summed E-state index contributed by atoms with van der Waals surface area (Å²) < 4.78 is 0. The summed E-state index contributed by atoms with van der Waals surface area (Å²) in [5, 5.41) is 2.65. The molecule has 8 heteroatoms. The van der Waals surface area contributed by atoms with Crippen molar-refractivity contribution in [3.05, 3.63) is 21.4 Å². The topological polar surface area (TPSA) is 90.5 Å². The Bertz CT molecular complexity index is 571. The van der Waals surface area contributed by atoms with E-state index in [2.05, 4.69) is 16.2 Å². The largest absolute Gasteiger partial charge is 0.355 e. The van der Waals surface area contributed by atoms with Gasteiger partial charge in [-0.3, -0.25) is 30.1 Å². The van der Waals surface area contributed by atoms with Crippen LogP contribution in [-0.4, -0.2) is 49.3 Å². The molecule has 1 heterocycles. The zero-order valence-corrected chi connectivity index (χ0v) is 14.8. The fourth-order valence-electron chi connectivity index (χ4n) is 1.96. The molecule has 0 saturated carbocycles. The number of hydrogen-bond acceptors (Lipinski definition) is 5. The zero-order valence-electron chi connectivity index (χ0n) is 14.0. The summed E-state index contributed by atoms with van der Waals surface area (Å²) in [5.74, 6) is -0.729. The SMILES string of the molecule is CCc1cc(C(=O)NNC(=O)CN(C)CCNC(C)=O)sc1C. The highest BCUT2D eigenvalue weighted by molar-refractivity contribution is 7.14.